The number of amides is 2. The highest BCUT2D eigenvalue weighted by molar-refractivity contribution is 5.82. The number of carbonyl (C=O) groups is 1. The van der Waals surface area contributed by atoms with Crippen LogP contribution in [0.2, 0.25) is 0 Å². The minimum atomic E-state index is 0.117. The van der Waals surface area contributed by atoms with Crippen LogP contribution in [0, 0.1) is 6.92 Å². The lowest BCUT2D eigenvalue weighted by Gasteiger charge is -2.31. The molecular weight excluding hydrogens is 276 g/mol. The average Bonchev–Trinajstić information content (AvgIpc) is 3.24. The summed E-state index contributed by atoms with van der Waals surface area (Å²) in [7, 11) is 0. The van der Waals surface area contributed by atoms with Gasteiger partial charge in [-0.15, -0.1) is 0 Å². The Morgan fingerprint density at radius 3 is 2.77 bits per heavy atom. The van der Waals surface area contributed by atoms with Crippen LogP contribution in [0.3, 0.4) is 0 Å². The Kier molecular flexibility index (Phi) is 3.28. The topological polar surface area (TPSA) is 61.0 Å². The summed E-state index contributed by atoms with van der Waals surface area (Å²) in [5.74, 6) is 0.470. The molecule has 22 heavy (non-hydrogen) atoms. The number of benzene rings is 1. The van der Waals surface area contributed by atoms with Crippen molar-refractivity contribution in [2.75, 3.05) is 13.1 Å². The Labute approximate surface area is 130 Å². The standard InChI is InChI=1S/C17H22N4O/c1-11-2-5-14-15(10-11)19-20-16(14)12-6-8-21(9-7-12)17(22)18-13-3-4-13/h2,5,10,12-13H,3-4,6-9H2,1H3,(H,18,22)(H,19,20). The third kappa shape index (κ3) is 2.56. The molecule has 2 amide bonds. The zero-order valence-electron chi connectivity index (χ0n) is 12.9. The van der Waals surface area contributed by atoms with Crippen molar-refractivity contribution in [1.29, 1.82) is 0 Å². The maximum Gasteiger partial charge on any atom is 0.317 e. The van der Waals surface area contributed by atoms with E-state index in [9.17, 15) is 4.79 Å². The van der Waals surface area contributed by atoms with E-state index in [1.54, 1.807) is 0 Å². The first-order valence-corrected chi connectivity index (χ1v) is 8.21. The van der Waals surface area contributed by atoms with Crippen molar-refractivity contribution in [2.24, 2.45) is 0 Å². The highest BCUT2D eigenvalue weighted by atomic mass is 16.2. The third-order valence-electron chi connectivity index (χ3n) is 4.84. The molecule has 0 spiro atoms. The highest BCUT2D eigenvalue weighted by Crippen LogP contribution is 2.32. The van der Waals surface area contributed by atoms with Gasteiger partial charge in [0.05, 0.1) is 5.52 Å². The van der Waals surface area contributed by atoms with Gasteiger partial charge in [-0.05, 0) is 44.2 Å². The van der Waals surface area contributed by atoms with Gasteiger partial charge in [-0.3, -0.25) is 5.10 Å². The largest absolute Gasteiger partial charge is 0.335 e. The maximum atomic E-state index is 12.1. The van der Waals surface area contributed by atoms with Crippen LogP contribution in [0.25, 0.3) is 10.9 Å². The van der Waals surface area contributed by atoms with E-state index in [0.29, 0.717) is 12.0 Å². The number of fused-ring (bicyclic) bond motifs is 1. The summed E-state index contributed by atoms with van der Waals surface area (Å²) in [4.78, 5) is 14.0. The van der Waals surface area contributed by atoms with Crippen molar-refractivity contribution < 1.29 is 4.79 Å². The van der Waals surface area contributed by atoms with Gasteiger partial charge in [0.15, 0.2) is 0 Å². The summed E-state index contributed by atoms with van der Waals surface area (Å²) >= 11 is 0. The molecule has 5 nitrogen and oxygen atoms in total. The van der Waals surface area contributed by atoms with E-state index in [0.717, 1.165) is 44.3 Å². The molecule has 2 fully saturated rings. The van der Waals surface area contributed by atoms with E-state index in [-0.39, 0.29) is 6.03 Å². The number of urea groups is 1. The minimum Gasteiger partial charge on any atom is -0.335 e. The number of rotatable bonds is 2. The van der Waals surface area contributed by atoms with Gasteiger partial charge < -0.3 is 10.2 Å². The fourth-order valence-electron chi connectivity index (χ4n) is 3.32. The summed E-state index contributed by atoms with van der Waals surface area (Å²) in [5, 5.41) is 12.0. The van der Waals surface area contributed by atoms with Crippen LogP contribution in [-0.4, -0.2) is 40.3 Å². The predicted molar refractivity (Wildman–Crippen MR) is 85.9 cm³/mol. The first kappa shape index (κ1) is 13.6. The number of H-pyrrole nitrogens is 1. The van der Waals surface area contributed by atoms with Crippen molar-refractivity contribution in [2.45, 2.75) is 44.6 Å². The molecule has 5 heteroatoms. The third-order valence-corrected chi connectivity index (χ3v) is 4.84. The molecule has 1 aromatic heterocycles. The van der Waals surface area contributed by atoms with Gasteiger partial charge in [-0.2, -0.15) is 5.10 Å². The van der Waals surface area contributed by atoms with Crippen LogP contribution < -0.4 is 5.32 Å². The number of aromatic nitrogens is 2. The second kappa shape index (κ2) is 5.30. The lowest BCUT2D eigenvalue weighted by atomic mass is 9.91. The second-order valence-electron chi connectivity index (χ2n) is 6.64. The molecule has 0 unspecified atom stereocenters. The van der Waals surface area contributed by atoms with Crippen LogP contribution in [-0.2, 0) is 0 Å². The summed E-state index contributed by atoms with van der Waals surface area (Å²) in [6.45, 7) is 3.75. The molecule has 1 aliphatic heterocycles. The van der Waals surface area contributed by atoms with E-state index in [4.69, 9.17) is 0 Å². The average molecular weight is 298 g/mol. The van der Waals surface area contributed by atoms with Crippen LogP contribution in [0.4, 0.5) is 4.79 Å². The molecule has 1 aromatic carbocycles. The zero-order chi connectivity index (χ0) is 15.1. The Bertz CT molecular complexity index is 696. The number of nitrogens with one attached hydrogen (secondary N) is 2. The van der Waals surface area contributed by atoms with Crippen molar-refractivity contribution in [3.05, 3.63) is 29.5 Å². The van der Waals surface area contributed by atoms with E-state index in [1.807, 2.05) is 4.90 Å². The molecule has 0 atom stereocenters. The van der Waals surface area contributed by atoms with Crippen LogP contribution in [0.1, 0.15) is 42.9 Å². The molecule has 116 valence electrons. The molecule has 1 saturated heterocycles. The second-order valence-corrected chi connectivity index (χ2v) is 6.64. The quantitative estimate of drug-likeness (QED) is 0.895. The SMILES string of the molecule is Cc1ccc2c(C3CCN(C(=O)NC4CC4)CC3)[nH]nc2c1. The molecular formula is C17H22N4O. The molecule has 2 N–H and O–H groups in total. The number of nitrogens with zero attached hydrogens (tertiary/aromatic N) is 2. The van der Waals surface area contributed by atoms with Crippen molar-refractivity contribution in [3.8, 4) is 0 Å². The Morgan fingerprint density at radius 1 is 1.27 bits per heavy atom. The number of likely N-dealkylation sites (tertiary alicyclic amines) is 1. The summed E-state index contributed by atoms with van der Waals surface area (Å²) < 4.78 is 0. The smallest absolute Gasteiger partial charge is 0.317 e. The summed E-state index contributed by atoms with van der Waals surface area (Å²) in [6.07, 6.45) is 4.29. The number of hydrogen-bond acceptors (Lipinski definition) is 2. The fourth-order valence-corrected chi connectivity index (χ4v) is 3.32. The number of piperidine rings is 1. The van der Waals surface area contributed by atoms with E-state index < -0.39 is 0 Å². The normalized spacial score (nSPS) is 19.6. The molecule has 2 aromatic rings. The molecule has 1 saturated carbocycles. The molecule has 4 rings (SSSR count). The lowest BCUT2D eigenvalue weighted by molar-refractivity contribution is 0.180. The van der Waals surface area contributed by atoms with Crippen LogP contribution in [0.5, 0.6) is 0 Å². The maximum absolute atomic E-state index is 12.1. The van der Waals surface area contributed by atoms with Crippen molar-refractivity contribution >= 4 is 16.9 Å². The lowest BCUT2D eigenvalue weighted by Crippen LogP contribution is -2.44. The number of aromatic amines is 1. The zero-order valence-corrected chi connectivity index (χ0v) is 12.9. The molecule has 0 bridgehead atoms. The van der Waals surface area contributed by atoms with Crippen LogP contribution in [0.15, 0.2) is 18.2 Å². The molecule has 1 aliphatic carbocycles. The number of hydrogen-bond donors (Lipinski definition) is 2. The van der Waals surface area contributed by atoms with Gasteiger partial charge in [0, 0.05) is 36.1 Å². The first-order valence-electron chi connectivity index (χ1n) is 8.21. The van der Waals surface area contributed by atoms with E-state index >= 15 is 0 Å². The van der Waals surface area contributed by atoms with Crippen molar-refractivity contribution in [1.82, 2.24) is 20.4 Å². The number of carbonyl (C=O) groups excluding carboxylic acids is 1. The Morgan fingerprint density at radius 2 is 2.05 bits per heavy atom. The monoisotopic (exact) mass is 298 g/mol. The van der Waals surface area contributed by atoms with Gasteiger partial charge in [0.1, 0.15) is 0 Å². The fraction of sp³-hybridized carbons (Fsp3) is 0.529. The summed E-state index contributed by atoms with van der Waals surface area (Å²) in [5.41, 5.74) is 3.51. The molecule has 0 radical (unpaired) electrons. The predicted octanol–water partition coefficient (Wildman–Crippen LogP) is 2.92. The molecule has 2 aliphatic rings. The Hall–Kier alpha value is -2.04. The van der Waals surface area contributed by atoms with Crippen molar-refractivity contribution in [3.63, 3.8) is 0 Å². The molecule has 2 heterocycles. The van der Waals surface area contributed by atoms with Gasteiger partial charge in [0.2, 0.25) is 0 Å². The minimum absolute atomic E-state index is 0.117. The van der Waals surface area contributed by atoms with Gasteiger partial charge >= 0.3 is 6.03 Å². The first-order chi connectivity index (χ1) is 10.7. The van der Waals surface area contributed by atoms with E-state index in [2.05, 4.69) is 40.6 Å². The number of aryl methyl sites for hydroxylation is 1. The summed E-state index contributed by atoms with van der Waals surface area (Å²) in [6, 6.07) is 6.97. The van der Waals surface area contributed by atoms with E-state index in [1.165, 1.54) is 16.6 Å². The van der Waals surface area contributed by atoms with Gasteiger partial charge in [-0.1, -0.05) is 12.1 Å². The van der Waals surface area contributed by atoms with Crippen LogP contribution >= 0.6 is 0 Å². The highest BCUT2D eigenvalue weighted by Gasteiger charge is 2.29. The van der Waals surface area contributed by atoms with Gasteiger partial charge in [-0.25, -0.2) is 4.79 Å². The Balaban J connectivity index is 1.44. The van der Waals surface area contributed by atoms with Gasteiger partial charge in [0.25, 0.3) is 0 Å².